The Kier molecular flexibility index (Phi) is 5.38. The zero-order valence-electron chi connectivity index (χ0n) is 17.3. The Hall–Kier alpha value is -2.90. The molecule has 0 spiro atoms. The van der Waals surface area contributed by atoms with Gasteiger partial charge >= 0.3 is 5.97 Å². The molecule has 8 nitrogen and oxygen atoms in total. The number of ether oxygens (including phenoxy) is 1. The second-order valence-electron chi connectivity index (χ2n) is 8.39. The van der Waals surface area contributed by atoms with Gasteiger partial charge in [0, 0.05) is 24.9 Å². The third-order valence-electron chi connectivity index (χ3n) is 5.00. The van der Waals surface area contributed by atoms with E-state index >= 15 is 0 Å². The number of rotatable bonds is 5. The molecule has 29 heavy (non-hydrogen) atoms. The molecule has 8 heteroatoms. The van der Waals surface area contributed by atoms with Crippen LogP contribution in [0.25, 0.3) is 0 Å². The van der Waals surface area contributed by atoms with Crippen molar-refractivity contribution < 1.29 is 23.9 Å². The second kappa shape index (κ2) is 7.50. The summed E-state index contributed by atoms with van der Waals surface area (Å²) in [5.74, 6) is -1.77. The van der Waals surface area contributed by atoms with Crippen LogP contribution in [0.3, 0.4) is 0 Å². The molecular formula is C21H27N3O5. The largest absolute Gasteiger partial charge is 0.452 e. The molecule has 0 aromatic heterocycles. The molecule has 2 heterocycles. The van der Waals surface area contributed by atoms with Crippen LogP contribution < -0.4 is 10.2 Å². The standard InChI is InChI=1S/C21H27N3O5/c1-5-12-23-18(27)14-8-6-7-9-15(14)24-17(26)10-11-21(23,24)19(28)29-13-16(25)22-20(2,3)4/h6-9H,5,10-13H2,1-4H3,(H,22,25)/t21-/m1/s1. The maximum absolute atomic E-state index is 13.3. The molecule has 3 amide bonds. The van der Waals surface area contributed by atoms with Crippen molar-refractivity contribution in [1.82, 2.24) is 10.2 Å². The van der Waals surface area contributed by atoms with Crippen molar-refractivity contribution >= 4 is 29.4 Å². The molecule has 1 aromatic rings. The number of esters is 1. The predicted octanol–water partition coefficient (Wildman–Crippen LogP) is 1.83. The quantitative estimate of drug-likeness (QED) is 0.760. The number of nitrogens with one attached hydrogen (secondary N) is 1. The number of anilines is 1. The van der Waals surface area contributed by atoms with Gasteiger partial charge in [0.15, 0.2) is 6.61 Å². The molecule has 2 aliphatic rings. The van der Waals surface area contributed by atoms with Gasteiger partial charge in [0.2, 0.25) is 11.6 Å². The number of amides is 3. The van der Waals surface area contributed by atoms with Crippen molar-refractivity contribution in [3.05, 3.63) is 29.8 Å². The minimum atomic E-state index is -1.56. The number of fused-ring (bicyclic) bond motifs is 3. The number of carbonyl (C=O) groups is 4. The summed E-state index contributed by atoms with van der Waals surface area (Å²) in [6.07, 6.45) is 0.853. The first-order valence-corrected chi connectivity index (χ1v) is 9.84. The van der Waals surface area contributed by atoms with Crippen LogP contribution in [0.2, 0.25) is 0 Å². The van der Waals surface area contributed by atoms with Gasteiger partial charge in [0.05, 0.1) is 11.3 Å². The first-order valence-electron chi connectivity index (χ1n) is 9.84. The average molecular weight is 401 g/mol. The van der Waals surface area contributed by atoms with Crippen molar-refractivity contribution in [3.63, 3.8) is 0 Å². The van der Waals surface area contributed by atoms with Gasteiger partial charge < -0.3 is 15.0 Å². The SMILES string of the molecule is CCCN1C(=O)c2ccccc2N2C(=O)CC[C@@]12C(=O)OCC(=O)NC(C)(C)C. The minimum Gasteiger partial charge on any atom is -0.452 e. The van der Waals surface area contributed by atoms with Crippen LogP contribution in [-0.2, 0) is 19.1 Å². The molecule has 1 fully saturated rings. The zero-order valence-corrected chi connectivity index (χ0v) is 17.3. The lowest BCUT2D eigenvalue weighted by Gasteiger charge is -2.48. The van der Waals surface area contributed by atoms with E-state index in [-0.39, 0.29) is 24.7 Å². The maximum atomic E-state index is 13.3. The Morgan fingerprint density at radius 3 is 2.55 bits per heavy atom. The molecule has 1 saturated heterocycles. The molecule has 2 aliphatic heterocycles. The summed E-state index contributed by atoms with van der Waals surface area (Å²) in [5.41, 5.74) is -1.24. The monoisotopic (exact) mass is 401 g/mol. The lowest BCUT2D eigenvalue weighted by molar-refractivity contribution is -0.160. The Morgan fingerprint density at radius 2 is 1.90 bits per heavy atom. The fraction of sp³-hybridized carbons (Fsp3) is 0.524. The highest BCUT2D eigenvalue weighted by molar-refractivity contribution is 6.15. The molecule has 1 N–H and O–H groups in total. The predicted molar refractivity (Wildman–Crippen MR) is 106 cm³/mol. The van der Waals surface area contributed by atoms with Gasteiger partial charge in [-0.3, -0.25) is 19.3 Å². The number of nitrogens with zero attached hydrogens (tertiary/aromatic N) is 2. The Bertz CT molecular complexity index is 860. The third kappa shape index (κ3) is 3.59. The van der Waals surface area contributed by atoms with Crippen molar-refractivity contribution in [2.24, 2.45) is 0 Å². The van der Waals surface area contributed by atoms with E-state index in [0.717, 1.165) is 0 Å². The van der Waals surface area contributed by atoms with Crippen LogP contribution in [0.15, 0.2) is 24.3 Å². The number of hydrogen-bond acceptors (Lipinski definition) is 5. The summed E-state index contributed by atoms with van der Waals surface area (Å²) in [4.78, 5) is 54.1. The summed E-state index contributed by atoms with van der Waals surface area (Å²) in [7, 11) is 0. The van der Waals surface area contributed by atoms with Crippen LogP contribution >= 0.6 is 0 Å². The van der Waals surface area contributed by atoms with E-state index in [2.05, 4.69) is 5.32 Å². The van der Waals surface area contributed by atoms with Gasteiger partial charge in [-0.15, -0.1) is 0 Å². The van der Waals surface area contributed by atoms with E-state index in [0.29, 0.717) is 24.2 Å². The molecule has 1 atom stereocenters. The number of carbonyl (C=O) groups excluding carboxylic acids is 4. The molecule has 0 aliphatic carbocycles. The van der Waals surface area contributed by atoms with Crippen molar-refractivity contribution in [2.45, 2.75) is 58.2 Å². The highest BCUT2D eigenvalue weighted by atomic mass is 16.5. The summed E-state index contributed by atoms with van der Waals surface area (Å²) in [6, 6.07) is 6.76. The highest BCUT2D eigenvalue weighted by Crippen LogP contribution is 2.45. The van der Waals surface area contributed by atoms with Gasteiger partial charge in [-0.05, 0) is 39.3 Å². The molecule has 1 aromatic carbocycles. The van der Waals surface area contributed by atoms with E-state index in [1.807, 2.05) is 27.7 Å². The van der Waals surface area contributed by atoms with Gasteiger partial charge in [-0.2, -0.15) is 0 Å². The summed E-state index contributed by atoms with van der Waals surface area (Å²) in [5, 5.41) is 2.73. The van der Waals surface area contributed by atoms with Crippen LogP contribution in [0, 0.1) is 0 Å². The van der Waals surface area contributed by atoms with Crippen molar-refractivity contribution in [2.75, 3.05) is 18.1 Å². The van der Waals surface area contributed by atoms with E-state index in [1.54, 1.807) is 24.3 Å². The molecule has 0 saturated carbocycles. The molecule has 0 radical (unpaired) electrons. The molecule has 0 unspecified atom stereocenters. The molecule has 3 rings (SSSR count). The van der Waals surface area contributed by atoms with Gasteiger partial charge in [-0.25, -0.2) is 4.79 Å². The Morgan fingerprint density at radius 1 is 1.21 bits per heavy atom. The van der Waals surface area contributed by atoms with Gasteiger partial charge in [0.1, 0.15) is 0 Å². The first-order chi connectivity index (χ1) is 13.6. The molecule has 156 valence electrons. The topological polar surface area (TPSA) is 96.0 Å². The zero-order chi connectivity index (χ0) is 21.4. The molecule has 0 bridgehead atoms. The summed E-state index contributed by atoms with van der Waals surface area (Å²) in [6.45, 7) is 7.17. The van der Waals surface area contributed by atoms with Crippen LogP contribution in [-0.4, -0.2) is 52.9 Å². The lowest BCUT2D eigenvalue weighted by atomic mass is 9.96. The summed E-state index contributed by atoms with van der Waals surface area (Å²) >= 11 is 0. The average Bonchev–Trinajstić information content (AvgIpc) is 3.00. The first kappa shape index (κ1) is 20.8. The minimum absolute atomic E-state index is 0.116. The number of hydrogen-bond donors (Lipinski definition) is 1. The van der Waals surface area contributed by atoms with Crippen LogP contribution in [0.5, 0.6) is 0 Å². The van der Waals surface area contributed by atoms with E-state index < -0.39 is 29.7 Å². The fourth-order valence-corrected chi connectivity index (χ4v) is 3.98. The van der Waals surface area contributed by atoms with E-state index in [9.17, 15) is 19.2 Å². The Balaban J connectivity index is 1.97. The van der Waals surface area contributed by atoms with Crippen LogP contribution in [0.4, 0.5) is 5.69 Å². The highest BCUT2D eigenvalue weighted by Gasteiger charge is 2.61. The molecular weight excluding hydrogens is 374 g/mol. The number of benzene rings is 1. The van der Waals surface area contributed by atoms with Crippen molar-refractivity contribution in [3.8, 4) is 0 Å². The summed E-state index contributed by atoms with van der Waals surface area (Å²) < 4.78 is 5.34. The van der Waals surface area contributed by atoms with Crippen molar-refractivity contribution in [1.29, 1.82) is 0 Å². The normalized spacial score (nSPS) is 21.0. The lowest BCUT2D eigenvalue weighted by Crippen LogP contribution is -2.68. The second-order valence-corrected chi connectivity index (χ2v) is 8.39. The van der Waals surface area contributed by atoms with E-state index in [1.165, 1.54) is 9.80 Å². The maximum Gasteiger partial charge on any atom is 0.354 e. The third-order valence-corrected chi connectivity index (χ3v) is 5.00. The van der Waals surface area contributed by atoms with Gasteiger partial charge in [-0.1, -0.05) is 19.1 Å². The fourth-order valence-electron chi connectivity index (χ4n) is 3.98. The number of para-hydroxylation sites is 1. The van der Waals surface area contributed by atoms with Gasteiger partial charge in [0.25, 0.3) is 11.8 Å². The smallest absolute Gasteiger partial charge is 0.354 e. The van der Waals surface area contributed by atoms with Crippen LogP contribution in [0.1, 0.15) is 57.3 Å². The van der Waals surface area contributed by atoms with E-state index in [4.69, 9.17) is 4.74 Å². The Labute approximate surface area is 170 Å².